The van der Waals surface area contributed by atoms with Gasteiger partial charge in [0.15, 0.2) is 0 Å². The van der Waals surface area contributed by atoms with Gasteiger partial charge in [0.2, 0.25) is 0 Å². The molecular weight excluding hydrogens is 460 g/mol. The maximum Gasteiger partial charge on any atom is 0.138 e. The second kappa shape index (κ2) is 8.90. The fraction of sp³-hybridized carbons (Fsp3) is 0.438. The van der Waals surface area contributed by atoms with Crippen LogP contribution in [0.5, 0.6) is 17.2 Å². The number of aromatic hydroxyl groups is 3. The van der Waals surface area contributed by atoms with Crippen LogP contribution in [-0.4, -0.2) is 41.5 Å². The molecule has 2 fully saturated rings. The molecule has 0 heterocycles. The van der Waals surface area contributed by atoms with Crippen molar-refractivity contribution in [3.63, 3.8) is 0 Å². The van der Waals surface area contributed by atoms with Crippen molar-refractivity contribution in [2.24, 2.45) is 17.3 Å². The molecule has 0 bridgehead atoms. The van der Waals surface area contributed by atoms with E-state index in [0.717, 1.165) is 43.5 Å². The summed E-state index contributed by atoms with van der Waals surface area (Å²) < 4.78 is 0. The van der Waals surface area contributed by atoms with Crippen molar-refractivity contribution < 1.29 is 15.3 Å². The van der Waals surface area contributed by atoms with Crippen LogP contribution in [0.2, 0.25) is 0 Å². The van der Waals surface area contributed by atoms with Gasteiger partial charge in [0.25, 0.3) is 0 Å². The van der Waals surface area contributed by atoms with Crippen molar-refractivity contribution >= 4 is 11.4 Å². The van der Waals surface area contributed by atoms with Crippen LogP contribution >= 0.6 is 0 Å². The lowest BCUT2D eigenvalue weighted by atomic mass is 9.52. The number of phenols is 3. The third-order valence-electron chi connectivity index (χ3n) is 10.2. The van der Waals surface area contributed by atoms with E-state index in [1.54, 1.807) is 12.1 Å². The minimum Gasteiger partial charge on any atom is -0.508 e. The van der Waals surface area contributed by atoms with Gasteiger partial charge >= 0.3 is 0 Å². The van der Waals surface area contributed by atoms with Crippen LogP contribution < -0.4 is 9.80 Å². The molecule has 0 unspecified atom stereocenters. The normalized spacial score (nSPS) is 30.2. The molecule has 6 rings (SSSR count). The number of aryl methyl sites for hydroxylation is 1. The lowest BCUT2D eigenvalue weighted by Crippen LogP contribution is -2.61. The summed E-state index contributed by atoms with van der Waals surface area (Å²) in [6.45, 7) is 2.47. The van der Waals surface area contributed by atoms with E-state index in [1.807, 2.05) is 48.5 Å². The summed E-state index contributed by atoms with van der Waals surface area (Å²) in [5, 5.41) is 31.7. The van der Waals surface area contributed by atoms with Crippen molar-refractivity contribution in [2.75, 3.05) is 23.9 Å². The number of hydrogen-bond acceptors (Lipinski definition) is 5. The lowest BCUT2D eigenvalue weighted by Gasteiger charge is -2.58. The zero-order valence-corrected chi connectivity index (χ0v) is 22.0. The summed E-state index contributed by atoms with van der Waals surface area (Å²) in [4.78, 5) is 4.64. The number of rotatable bonds is 4. The molecule has 3 aliphatic carbocycles. The minimum atomic E-state index is -0.0519. The van der Waals surface area contributed by atoms with Gasteiger partial charge < -0.3 is 25.1 Å². The topological polar surface area (TPSA) is 67.2 Å². The molecule has 2 saturated carbocycles. The largest absolute Gasteiger partial charge is 0.508 e. The van der Waals surface area contributed by atoms with Crippen LogP contribution in [0, 0.1) is 17.3 Å². The predicted molar refractivity (Wildman–Crippen MR) is 149 cm³/mol. The molecule has 5 heteroatoms. The van der Waals surface area contributed by atoms with Crippen molar-refractivity contribution in [3.8, 4) is 17.2 Å². The van der Waals surface area contributed by atoms with E-state index < -0.39 is 0 Å². The van der Waals surface area contributed by atoms with Gasteiger partial charge in [0, 0.05) is 31.6 Å². The molecule has 5 nitrogen and oxygen atoms in total. The van der Waals surface area contributed by atoms with Gasteiger partial charge in [-0.25, -0.2) is 0 Å². The number of nitrogens with zero attached hydrogens (tertiary/aromatic N) is 2. The number of fused-ring (bicyclic) bond motifs is 5. The van der Waals surface area contributed by atoms with E-state index in [4.69, 9.17) is 0 Å². The van der Waals surface area contributed by atoms with Gasteiger partial charge in [0.1, 0.15) is 17.2 Å². The van der Waals surface area contributed by atoms with E-state index in [2.05, 4.69) is 36.9 Å². The fourth-order valence-electron chi connectivity index (χ4n) is 8.60. The Morgan fingerprint density at radius 1 is 0.757 bits per heavy atom. The summed E-state index contributed by atoms with van der Waals surface area (Å²) >= 11 is 0. The number of anilines is 2. The molecule has 0 aromatic heterocycles. The molecule has 0 radical (unpaired) electrons. The van der Waals surface area contributed by atoms with E-state index in [-0.39, 0.29) is 17.5 Å². The molecule has 0 aliphatic heterocycles. The monoisotopic (exact) mass is 498 g/mol. The average Bonchev–Trinajstić information content (AvgIpc) is 3.25. The van der Waals surface area contributed by atoms with Crippen molar-refractivity contribution in [1.82, 2.24) is 0 Å². The first kappa shape index (κ1) is 24.0. The van der Waals surface area contributed by atoms with Crippen LogP contribution in [0.1, 0.15) is 49.7 Å². The highest BCUT2D eigenvalue weighted by molar-refractivity contribution is 5.61. The number of hydrogen-bond donors (Lipinski definition) is 3. The smallest absolute Gasteiger partial charge is 0.138 e. The quantitative estimate of drug-likeness (QED) is 0.395. The van der Waals surface area contributed by atoms with Crippen LogP contribution in [0.15, 0.2) is 66.7 Å². The Bertz CT molecular complexity index is 1310. The first-order chi connectivity index (χ1) is 17.8. The highest BCUT2D eigenvalue weighted by Crippen LogP contribution is 2.63. The van der Waals surface area contributed by atoms with Gasteiger partial charge in [-0.15, -0.1) is 0 Å². The standard InChI is InChI=1S/C32H38N2O3/c1-32-25(16-17-30(32)33(2)26-8-4-6-10-28(26)36)23-14-12-20-18-21(35)13-15-22(20)24(23)19-31(32)34(3)27-9-5-7-11-29(27)37/h4-11,13,15,18,23-25,30-31,35-37H,12,14,16-17,19H2,1-3H3/t23-,24-,25+,30+,31+,32+/m1/s1. The Balaban J connectivity index is 1.46. The zero-order chi connectivity index (χ0) is 25.9. The Morgan fingerprint density at radius 3 is 2.03 bits per heavy atom. The molecule has 0 saturated heterocycles. The van der Waals surface area contributed by atoms with Crippen LogP contribution in [0.3, 0.4) is 0 Å². The Hall–Kier alpha value is -3.34. The average molecular weight is 499 g/mol. The predicted octanol–water partition coefficient (Wildman–Crippen LogP) is 6.28. The number of phenolic OH excluding ortho intramolecular Hbond substituents is 3. The first-order valence-electron chi connectivity index (χ1n) is 13.6. The molecule has 3 aromatic rings. The van der Waals surface area contributed by atoms with Crippen molar-refractivity contribution in [3.05, 3.63) is 77.9 Å². The summed E-state index contributed by atoms with van der Waals surface area (Å²) in [7, 11) is 4.27. The van der Waals surface area contributed by atoms with E-state index in [9.17, 15) is 15.3 Å². The molecule has 3 aliphatic rings. The molecule has 3 aromatic carbocycles. The van der Waals surface area contributed by atoms with Crippen LogP contribution in [0.4, 0.5) is 11.4 Å². The first-order valence-corrected chi connectivity index (χ1v) is 13.6. The highest BCUT2D eigenvalue weighted by Gasteiger charge is 2.61. The van der Waals surface area contributed by atoms with Crippen molar-refractivity contribution in [1.29, 1.82) is 0 Å². The summed E-state index contributed by atoms with van der Waals surface area (Å²) in [6, 6.07) is 21.7. The second-order valence-corrected chi connectivity index (χ2v) is 11.7. The number of benzene rings is 3. The van der Waals surface area contributed by atoms with E-state index >= 15 is 0 Å². The van der Waals surface area contributed by atoms with Gasteiger partial charge in [-0.05, 0) is 97.4 Å². The third kappa shape index (κ3) is 3.65. The number of para-hydroxylation sites is 4. The molecule has 0 amide bonds. The van der Waals surface area contributed by atoms with Gasteiger partial charge in [0.05, 0.1) is 11.4 Å². The van der Waals surface area contributed by atoms with E-state index in [1.165, 1.54) is 11.1 Å². The summed E-state index contributed by atoms with van der Waals surface area (Å²) in [5.74, 6) is 2.51. The minimum absolute atomic E-state index is 0.0519. The SMILES string of the molecule is CN(c1ccccc1O)[C@H]1CC[C@H]2[C@@H]3CCc4cc(O)ccc4[C@H]3C[C@H](N(C)c3ccccc3O)[C@]12C. The van der Waals surface area contributed by atoms with Crippen molar-refractivity contribution in [2.45, 2.75) is 57.0 Å². The second-order valence-electron chi connectivity index (χ2n) is 11.7. The maximum absolute atomic E-state index is 10.8. The fourth-order valence-corrected chi connectivity index (χ4v) is 8.60. The van der Waals surface area contributed by atoms with Gasteiger partial charge in [-0.3, -0.25) is 0 Å². The maximum atomic E-state index is 10.8. The van der Waals surface area contributed by atoms with Gasteiger partial charge in [-0.2, -0.15) is 0 Å². The summed E-state index contributed by atoms with van der Waals surface area (Å²) in [6.07, 6.45) is 5.37. The Morgan fingerprint density at radius 2 is 1.38 bits per heavy atom. The third-order valence-corrected chi connectivity index (χ3v) is 10.2. The van der Waals surface area contributed by atoms with Gasteiger partial charge in [-0.1, -0.05) is 37.3 Å². The highest BCUT2D eigenvalue weighted by atomic mass is 16.3. The Kier molecular flexibility index (Phi) is 5.78. The molecule has 37 heavy (non-hydrogen) atoms. The molecular formula is C32H38N2O3. The van der Waals surface area contributed by atoms with E-state index in [0.29, 0.717) is 35.0 Å². The summed E-state index contributed by atoms with van der Waals surface area (Å²) in [5.41, 5.74) is 4.37. The molecule has 3 N–H and O–H groups in total. The zero-order valence-electron chi connectivity index (χ0n) is 22.0. The molecule has 6 atom stereocenters. The Labute approximate surface area is 220 Å². The molecule has 0 spiro atoms. The lowest BCUT2D eigenvalue weighted by molar-refractivity contribution is 0.0256. The molecule has 194 valence electrons. The van der Waals surface area contributed by atoms with Crippen LogP contribution in [-0.2, 0) is 6.42 Å². The van der Waals surface area contributed by atoms with Crippen LogP contribution in [0.25, 0.3) is 0 Å².